The van der Waals surface area contributed by atoms with E-state index in [0.29, 0.717) is 50.9 Å². The Bertz CT molecular complexity index is 1800. The van der Waals surface area contributed by atoms with E-state index in [0.717, 1.165) is 11.3 Å². The fourth-order valence-corrected chi connectivity index (χ4v) is 5.62. The highest BCUT2D eigenvalue weighted by Crippen LogP contribution is 2.34. The number of rotatable bonds is 7. The van der Waals surface area contributed by atoms with Gasteiger partial charge in [0.2, 0.25) is 5.91 Å². The van der Waals surface area contributed by atoms with Gasteiger partial charge < -0.3 is 10.1 Å². The van der Waals surface area contributed by atoms with Crippen LogP contribution in [0.2, 0.25) is 5.02 Å². The highest BCUT2D eigenvalue weighted by Gasteiger charge is 2.42. The molecular weight excluding hydrogens is 564 g/mol. The van der Waals surface area contributed by atoms with E-state index >= 15 is 0 Å². The van der Waals surface area contributed by atoms with E-state index in [4.69, 9.17) is 21.3 Å². The number of aliphatic imine (C=N–C) groups is 2. The van der Waals surface area contributed by atoms with E-state index in [2.05, 4.69) is 15.3 Å². The van der Waals surface area contributed by atoms with Crippen LogP contribution in [0.25, 0.3) is 5.65 Å². The van der Waals surface area contributed by atoms with E-state index < -0.39 is 6.04 Å². The summed E-state index contributed by atoms with van der Waals surface area (Å²) in [5, 5.41) is 3.70. The van der Waals surface area contributed by atoms with Crippen LogP contribution in [0.5, 0.6) is 5.75 Å². The SMILES string of the molecule is COc1ccc(CNC(=O)C[C@H]2N=C3c4ccccc4N=C(SCc4cc(=O)n5cc(Cl)ccc5n4)N3C2=O)cc1. The maximum Gasteiger partial charge on any atom is 0.259 e. The molecule has 0 fully saturated rings. The summed E-state index contributed by atoms with van der Waals surface area (Å²) >= 11 is 7.29. The monoisotopic (exact) mass is 586 g/mol. The Morgan fingerprint density at radius 1 is 1.10 bits per heavy atom. The van der Waals surface area contributed by atoms with Crippen LogP contribution in [0, 0.1) is 0 Å². The molecule has 1 atom stereocenters. The van der Waals surface area contributed by atoms with Gasteiger partial charge in [-0.25, -0.2) is 14.9 Å². The smallest absolute Gasteiger partial charge is 0.259 e. The zero-order chi connectivity index (χ0) is 28.5. The summed E-state index contributed by atoms with van der Waals surface area (Å²) in [6.45, 7) is 0.320. The van der Waals surface area contributed by atoms with Crippen molar-refractivity contribution in [3.8, 4) is 5.75 Å². The van der Waals surface area contributed by atoms with Gasteiger partial charge in [-0.3, -0.25) is 23.8 Å². The average molecular weight is 587 g/mol. The number of carbonyl (C=O) groups is 2. The van der Waals surface area contributed by atoms with Crippen LogP contribution < -0.4 is 15.6 Å². The van der Waals surface area contributed by atoms with Gasteiger partial charge in [-0.1, -0.05) is 47.6 Å². The number of amides is 2. The van der Waals surface area contributed by atoms with Gasteiger partial charge in [0.05, 0.1) is 29.9 Å². The van der Waals surface area contributed by atoms with Crippen molar-refractivity contribution in [2.24, 2.45) is 9.98 Å². The van der Waals surface area contributed by atoms with E-state index in [1.165, 1.54) is 33.3 Å². The molecule has 1 N–H and O–H groups in total. The fraction of sp³-hybridized carbons (Fsp3) is 0.172. The van der Waals surface area contributed by atoms with Gasteiger partial charge in [-0.05, 0) is 42.0 Å². The van der Waals surface area contributed by atoms with Crippen LogP contribution in [0.3, 0.4) is 0 Å². The first kappa shape index (κ1) is 26.7. The van der Waals surface area contributed by atoms with Gasteiger partial charge in [0.15, 0.2) is 5.17 Å². The third-order valence-electron chi connectivity index (χ3n) is 6.60. The Hall–Kier alpha value is -4.48. The Kier molecular flexibility index (Phi) is 7.29. The van der Waals surface area contributed by atoms with Crippen molar-refractivity contribution in [2.75, 3.05) is 7.11 Å². The Labute approximate surface area is 243 Å². The molecule has 0 aliphatic carbocycles. The largest absolute Gasteiger partial charge is 0.497 e. The number of hydrogen-bond donors (Lipinski definition) is 1. The molecule has 12 heteroatoms. The predicted molar refractivity (Wildman–Crippen MR) is 158 cm³/mol. The molecule has 2 aliphatic heterocycles. The third kappa shape index (κ3) is 5.46. The van der Waals surface area contributed by atoms with Gasteiger partial charge in [0.1, 0.15) is 23.3 Å². The second-order valence-corrected chi connectivity index (χ2v) is 10.7. The molecule has 206 valence electrons. The molecule has 0 saturated heterocycles. The number of hydrogen-bond acceptors (Lipinski definition) is 8. The molecule has 0 saturated carbocycles. The summed E-state index contributed by atoms with van der Waals surface area (Å²) in [7, 11) is 1.59. The lowest BCUT2D eigenvalue weighted by Gasteiger charge is -2.25. The Balaban J connectivity index is 1.19. The summed E-state index contributed by atoms with van der Waals surface area (Å²) in [6.07, 6.45) is 1.42. The van der Waals surface area contributed by atoms with Gasteiger partial charge in [0.25, 0.3) is 11.5 Å². The van der Waals surface area contributed by atoms with Crippen molar-refractivity contribution in [3.05, 3.63) is 105 Å². The summed E-state index contributed by atoms with van der Waals surface area (Å²) in [6, 6.07) is 18.7. The number of pyridine rings is 1. The first-order valence-electron chi connectivity index (χ1n) is 12.7. The molecule has 0 spiro atoms. The van der Waals surface area contributed by atoms with Crippen LogP contribution in [-0.4, -0.2) is 50.3 Å². The number of amidine groups is 2. The van der Waals surface area contributed by atoms with Gasteiger partial charge in [-0.2, -0.15) is 0 Å². The van der Waals surface area contributed by atoms with Crippen molar-refractivity contribution < 1.29 is 14.3 Å². The molecule has 2 amide bonds. The summed E-state index contributed by atoms with van der Waals surface area (Å²) in [5.74, 6) is 0.857. The lowest BCUT2D eigenvalue weighted by atomic mass is 10.1. The highest BCUT2D eigenvalue weighted by atomic mass is 35.5. The van der Waals surface area contributed by atoms with E-state index in [1.807, 2.05) is 48.5 Å². The van der Waals surface area contributed by atoms with Gasteiger partial charge in [0, 0.05) is 30.1 Å². The number of nitrogens with one attached hydrogen (secondary N) is 1. The van der Waals surface area contributed by atoms with Crippen LogP contribution in [-0.2, 0) is 21.9 Å². The fourth-order valence-electron chi connectivity index (χ4n) is 4.56. The number of nitrogens with zero attached hydrogens (tertiary/aromatic N) is 5. The normalized spacial score (nSPS) is 15.7. The second-order valence-electron chi connectivity index (χ2n) is 9.33. The first-order valence-corrected chi connectivity index (χ1v) is 14.1. The lowest BCUT2D eigenvalue weighted by molar-refractivity contribution is -0.128. The van der Waals surface area contributed by atoms with Crippen molar-refractivity contribution in [1.29, 1.82) is 0 Å². The number of halogens is 1. The summed E-state index contributed by atoms with van der Waals surface area (Å²) in [5.41, 5.74) is 3.03. The van der Waals surface area contributed by atoms with Crippen molar-refractivity contribution in [2.45, 2.75) is 24.8 Å². The quantitative estimate of drug-likeness (QED) is 0.350. The number of aromatic nitrogens is 2. The summed E-state index contributed by atoms with van der Waals surface area (Å²) in [4.78, 5) is 54.3. The molecule has 0 bridgehead atoms. The molecule has 2 aromatic carbocycles. The van der Waals surface area contributed by atoms with Gasteiger partial charge in [-0.15, -0.1) is 0 Å². The molecule has 4 heterocycles. The lowest BCUT2D eigenvalue weighted by Crippen LogP contribution is -2.42. The number of para-hydroxylation sites is 1. The number of methoxy groups -OCH3 is 1. The zero-order valence-corrected chi connectivity index (χ0v) is 23.4. The maximum atomic E-state index is 13.6. The van der Waals surface area contributed by atoms with Crippen LogP contribution in [0.4, 0.5) is 5.69 Å². The Morgan fingerprint density at radius 3 is 2.71 bits per heavy atom. The van der Waals surface area contributed by atoms with Crippen LogP contribution >= 0.6 is 23.4 Å². The molecule has 10 nitrogen and oxygen atoms in total. The van der Waals surface area contributed by atoms with E-state index in [-0.39, 0.29) is 23.8 Å². The molecule has 6 rings (SSSR count). The Morgan fingerprint density at radius 2 is 1.90 bits per heavy atom. The molecule has 0 unspecified atom stereocenters. The first-order chi connectivity index (χ1) is 19.9. The van der Waals surface area contributed by atoms with E-state index in [1.54, 1.807) is 19.2 Å². The van der Waals surface area contributed by atoms with Crippen LogP contribution in [0.15, 0.2) is 87.7 Å². The summed E-state index contributed by atoms with van der Waals surface area (Å²) < 4.78 is 6.54. The van der Waals surface area contributed by atoms with Crippen molar-refractivity contribution in [1.82, 2.24) is 19.6 Å². The van der Waals surface area contributed by atoms with Crippen molar-refractivity contribution in [3.63, 3.8) is 0 Å². The maximum absolute atomic E-state index is 13.6. The minimum atomic E-state index is -0.883. The topological polar surface area (TPSA) is 118 Å². The molecule has 0 radical (unpaired) electrons. The predicted octanol–water partition coefficient (Wildman–Crippen LogP) is 3.95. The number of ether oxygens (including phenoxy) is 1. The molecular formula is C29H23ClN6O4S. The number of carbonyl (C=O) groups excluding carboxylic acids is 2. The molecule has 2 aliphatic rings. The second kappa shape index (κ2) is 11.2. The number of thioether (sulfide) groups is 1. The zero-order valence-electron chi connectivity index (χ0n) is 21.8. The minimum Gasteiger partial charge on any atom is -0.497 e. The van der Waals surface area contributed by atoms with Crippen molar-refractivity contribution >= 4 is 57.5 Å². The number of fused-ring (bicyclic) bond motifs is 4. The third-order valence-corrected chi connectivity index (χ3v) is 7.80. The molecule has 2 aromatic heterocycles. The minimum absolute atomic E-state index is 0.0966. The highest BCUT2D eigenvalue weighted by molar-refractivity contribution is 8.13. The number of benzene rings is 2. The molecule has 4 aromatic rings. The standard InChI is InChI=1S/C29H23ClN6O4S/c1-40-20-9-6-17(7-10-20)14-31-25(37)13-23-28(39)36-27(33-23)21-4-2-3-5-22(21)34-29(36)41-16-19-12-26(38)35-15-18(30)8-11-24(35)32-19/h2-12,15,23H,13-14,16H2,1H3,(H,31,37)/t23-/m1/s1. The van der Waals surface area contributed by atoms with Crippen LogP contribution in [0.1, 0.15) is 23.2 Å². The average Bonchev–Trinajstić information content (AvgIpc) is 3.31. The van der Waals surface area contributed by atoms with E-state index in [9.17, 15) is 14.4 Å². The molecule has 41 heavy (non-hydrogen) atoms. The van der Waals surface area contributed by atoms with Gasteiger partial charge >= 0.3 is 0 Å².